The molecule has 2 heteroatoms. The molecule has 90 valence electrons. The number of nitrogens with one attached hydrogen (secondary N) is 1. The maximum Gasteiger partial charge on any atom is 0.118 e. The summed E-state index contributed by atoms with van der Waals surface area (Å²) in [5.41, 5.74) is 1.30. The van der Waals surface area contributed by atoms with Gasteiger partial charge in [-0.15, -0.1) is 0 Å². The lowest BCUT2D eigenvalue weighted by Crippen LogP contribution is -2.31. The summed E-state index contributed by atoms with van der Waals surface area (Å²) >= 11 is 0. The second-order valence-corrected chi connectivity index (χ2v) is 4.40. The smallest absolute Gasteiger partial charge is 0.118 e. The maximum absolute atomic E-state index is 5.13. The average Bonchev–Trinajstić information content (AvgIpc) is 2.35. The Morgan fingerprint density at radius 1 is 1.19 bits per heavy atom. The first-order valence-corrected chi connectivity index (χ1v) is 6.03. The molecule has 1 aromatic rings. The van der Waals surface area contributed by atoms with Crippen molar-refractivity contribution in [3.05, 3.63) is 29.8 Å². The van der Waals surface area contributed by atoms with E-state index in [0.29, 0.717) is 6.04 Å². The Bertz CT molecular complexity index is 294. The Morgan fingerprint density at radius 3 is 2.31 bits per heavy atom. The highest BCUT2D eigenvalue weighted by Crippen LogP contribution is 2.12. The Balaban J connectivity index is 2.42. The van der Waals surface area contributed by atoms with Gasteiger partial charge in [0.25, 0.3) is 0 Å². The molecule has 1 N–H and O–H groups in total. The van der Waals surface area contributed by atoms with Crippen molar-refractivity contribution in [3.63, 3.8) is 0 Å². The molecule has 16 heavy (non-hydrogen) atoms. The molecule has 0 aliphatic heterocycles. The van der Waals surface area contributed by atoms with E-state index in [1.54, 1.807) is 7.11 Å². The van der Waals surface area contributed by atoms with Crippen LogP contribution in [-0.2, 0) is 6.54 Å². The lowest BCUT2D eigenvalue weighted by Gasteiger charge is -2.19. The van der Waals surface area contributed by atoms with E-state index in [9.17, 15) is 0 Å². The molecule has 1 rings (SSSR count). The second kappa shape index (κ2) is 6.54. The van der Waals surface area contributed by atoms with Gasteiger partial charge in [0.1, 0.15) is 5.75 Å². The van der Waals surface area contributed by atoms with Gasteiger partial charge in [-0.1, -0.05) is 32.4 Å². The van der Waals surface area contributed by atoms with Crippen molar-refractivity contribution in [2.75, 3.05) is 7.11 Å². The predicted octanol–water partition coefficient (Wildman–Crippen LogP) is 3.22. The third-order valence-electron chi connectivity index (χ3n) is 3.28. The third kappa shape index (κ3) is 3.86. The normalized spacial score (nSPS) is 14.5. The van der Waals surface area contributed by atoms with E-state index >= 15 is 0 Å². The fourth-order valence-electron chi connectivity index (χ4n) is 1.58. The van der Waals surface area contributed by atoms with Crippen LogP contribution in [0.5, 0.6) is 5.75 Å². The molecule has 0 aromatic heterocycles. The van der Waals surface area contributed by atoms with Gasteiger partial charge in [0.2, 0.25) is 0 Å². The van der Waals surface area contributed by atoms with Crippen LogP contribution < -0.4 is 10.1 Å². The van der Waals surface area contributed by atoms with Gasteiger partial charge in [0.05, 0.1) is 7.11 Å². The van der Waals surface area contributed by atoms with Crippen molar-refractivity contribution < 1.29 is 4.74 Å². The number of hydrogen-bond donors (Lipinski definition) is 1. The summed E-state index contributed by atoms with van der Waals surface area (Å²) in [6.45, 7) is 7.69. The minimum Gasteiger partial charge on any atom is -0.497 e. The highest BCUT2D eigenvalue weighted by atomic mass is 16.5. The number of hydrogen-bond acceptors (Lipinski definition) is 2. The Kier molecular flexibility index (Phi) is 5.33. The van der Waals surface area contributed by atoms with Crippen LogP contribution in [0, 0.1) is 5.92 Å². The molecule has 0 fully saturated rings. The summed E-state index contributed by atoms with van der Waals surface area (Å²) in [6.07, 6.45) is 1.22. The molecule has 0 bridgehead atoms. The van der Waals surface area contributed by atoms with Gasteiger partial charge >= 0.3 is 0 Å². The molecule has 2 nitrogen and oxygen atoms in total. The summed E-state index contributed by atoms with van der Waals surface area (Å²) in [6, 6.07) is 8.78. The van der Waals surface area contributed by atoms with Crippen molar-refractivity contribution >= 4 is 0 Å². The second-order valence-electron chi connectivity index (χ2n) is 4.40. The number of methoxy groups -OCH3 is 1. The molecule has 0 spiro atoms. The van der Waals surface area contributed by atoms with Crippen molar-refractivity contribution in [1.82, 2.24) is 5.32 Å². The first-order chi connectivity index (χ1) is 7.67. The van der Waals surface area contributed by atoms with Crippen LogP contribution in [0.1, 0.15) is 32.8 Å². The van der Waals surface area contributed by atoms with E-state index in [4.69, 9.17) is 4.74 Å². The van der Waals surface area contributed by atoms with Gasteiger partial charge in [-0.05, 0) is 30.5 Å². The molecule has 0 aliphatic carbocycles. The quantitative estimate of drug-likeness (QED) is 0.796. The fraction of sp³-hybridized carbons (Fsp3) is 0.571. The van der Waals surface area contributed by atoms with Gasteiger partial charge in [0, 0.05) is 12.6 Å². The van der Waals surface area contributed by atoms with Crippen LogP contribution in [0.15, 0.2) is 24.3 Å². The van der Waals surface area contributed by atoms with E-state index in [1.807, 2.05) is 12.1 Å². The van der Waals surface area contributed by atoms with Crippen molar-refractivity contribution in [2.24, 2.45) is 5.92 Å². The summed E-state index contributed by atoms with van der Waals surface area (Å²) in [7, 11) is 1.69. The Morgan fingerprint density at radius 2 is 1.81 bits per heavy atom. The summed E-state index contributed by atoms with van der Waals surface area (Å²) < 4.78 is 5.13. The van der Waals surface area contributed by atoms with Crippen LogP contribution in [0.4, 0.5) is 0 Å². The largest absolute Gasteiger partial charge is 0.497 e. The van der Waals surface area contributed by atoms with Crippen LogP contribution in [0.3, 0.4) is 0 Å². The highest BCUT2D eigenvalue weighted by molar-refractivity contribution is 5.27. The molecule has 1 aromatic carbocycles. The molecule has 2 unspecified atom stereocenters. The molecule has 0 radical (unpaired) electrons. The summed E-state index contributed by atoms with van der Waals surface area (Å²) in [5, 5.41) is 3.55. The van der Waals surface area contributed by atoms with Crippen molar-refractivity contribution in [2.45, 2.75) is 39.8 Å². The van der Waals surface area contributed by atoms with Gasteiger partial charge in [-0.2, -0.15) is 0 Å². The van der Waals surface area contributed by atoms with Crippen LogP contribution in [-0.4, -0.2) is 13.2 Å². The minimum absolute atomic E-state index is 0.562. The lowest BCUT2D eigenvalue weighted by atomic mass is 10.0. The van der Waals surface area contributed by atoms with Gasteiger partial charge in [-0.25, -0.2) is 0 Å². The number of ether oxygens (including phenoxy) is 1. The topological polar surface area (TPSA) is 21.3 Å². The van der Waals surface area contributed by atoms with E-state index in [1.165, 1.54) is 12.0 Å². The Labute approximate surface area is 99.0 Å². The molecule has 0 aliphatic rings. The van der Waals surface area contributed by atoms with E-state index < -0.39 is 0 Å². The average molecular weight is 221 g/mol. The van der Waals surface area contributed by atoms with E-state index in [0.717, 1.165) is 18.2 Å². The SMILES string of the molecule is CCC(C)C(C)NCc1ccc(OC)cc1. The maximum atomic E-state index is 5.13. The molecular formula is C14H23NO. The summed E-state index contributed by atoms with van der Waals surface area (Å²) in [5.74, 6) is 1.64. The third-order valence-corrected chi connectivity index (χ3v) is 3.28. The number of rotatable bonds is 6. The zero-order valence-corrected chi connectivity index (χ0v) is 10.8. The first kappa shape index (κ1) is 13.0. The van der Waals surface area contributed by atoms with Crippen molar-refractivity contribution in [3.8, 4) is 5.75 Å². The zero-order chi connectivity index (χ0) is 12.0. The fourth-order valence-corrected chi connectivity index (χ4v) is 1.58. The van der Waals surface area contributed by atoms with Gasteiger partial charge in [-0.3, -0.25) is 0 Å². The number of benzene rings is 1. The molecule has 0 heterocycles. The van der Waals surface area contributed by atoms with Gasteiger partial charge in [0.15, 0.2) is 0 Å². The summed E-state index contributed by atoms with van der Waals surface area (Å²) in [4.78, 5) is 0. The van der Waals surface area contributed by atoms with Crippen LogP contribution in [0.25, 0.3) is 0 Å². The molecular weight excluding hydrogens is 198 g/mol. The highest BCUT2D eigenvalue weighted by Gasteiger charge is 2.08. The van der Waals surface area contributed by atoms with E-state index in [2.05, 4.69) is 38.2 Å². The molecule has 0 amide bonds. The first-order valence-electron chi connectivity index (χ1n) is 6.03. The molecule has 2 atom stereocenters. The lowest BCUT2D eigenvalue weighted by molar-refractivity contribution is 0.389. The van der Waals surface area contributed by atoms with E-state index in [-0.39, 0.29) is 0 Å². The minimum atomic E-state index is 0.562. The standard InChI is InChI=1S/C14H23NO/c1-5-11(2)12(3)15-10-13-6-8-14(16-4)9-7-13/h6-9,11-12,15H,5,10H2,1-4H3. The van der Waals surface area contributed by atoms with Gasteiger partial charge < -0.3 is 10.1 Å². The Hall–Kier alpha value is -1.02. The molecule has 0 saturated heterocycles. The van der Waals surface area contributed by atoms with Crippen molar-refractivity contribution in [1.29, 1.82) is 0 Å². The predicted molar refractivity (Wildman–Crippen MR) is 68.8 cm³/mol. The van der Waals surface area contributed by atoms with Crippen LogP contribution in [0.2, 0.25) is 0 Å². The molecule has 0 saturated carbocycles. The van der Waals surface area contributed by atoms with Crippen LogP contribution >= 0.6 is 0 Å². The monoisotopic (exact) mass is 221 g/mol. The zero-order valence-electron chi connectivity index (χ0n) is 10.8.